The zero-order chi connectivity index (χ0) is 13.8. The van der Waals surface area contributed by atoms with E-state index in [0.29, 0.717) is 10.3 Å². The van der Waals surface area contributed by atoms with E-state index in [4.69, 9.17) is 0 Å². The number of nitrogens with zero attached hydrogens (tertiary/aromatic N) is 4. The van der Waals surface area contributed by atoms with E-state index in [1.165, 1.54) is 11.3 Å². The van der Waals surface area contributed by atoms with Crippen LogP contribution in [0.4, 0.5) is 5.13 Å². The number of H-pyrrole nitrogens is 1. The largest absolute Gasteiger partial charge is 0.300 e. The van der Waals surface area contributed by atoms with Gasteiger partial charge in [0, 0.05) is 0 Å². The Morgan fingerprint density at radius 2 is 2.11 bits per heavy atom. The highest BCUT2D eigenvalue weighted by atomic mass is 32.2. The number of thioether (sulfide) groups is 1. The number of anilines is 1. The summed E-state index contributed by atoms with van der Waals surface area (Å²) in [5.41, 5.74) is -0.0178. The molecule has 2 aromatic heterocycles. The van der Waals surface area contributed by atoms with Crippen LogP contribution in [0.3, 0.4) is 0 Å². The standard InChI is InChI=1S/C9H10N6O2S2/c1-4-7(17)11-8(14-12-4)18-3-6(16)10-9-15-13-5(2)19-9/h3H2,1-2H3,(H,10,15,16)(H,11,14,17). The fourth-order valence-electron chi connectivity index (χ4n) is 1.08. The number of aromatic amines is 1. The highest BCUT2D eigenvalue weighted by Gasteiger charge is 2.08. The number of carbonyl (C=O) groups is 1. The molecule has 2 aromatic rings. The number of hydrogen-bond acceptors (Lipinski definition) is 8. The highest BCUT2D eigenvalue weighted by molar-refractivity contribution is 7.99. The molecule has 0 saturated heterocycles. The van der Waals surface area contributed by atoms with Crippen LogP contribution in [0.1, 0.15) is 10.7 Å². The van der Waals surface area contributed by atoms with Gasteiger partial charge in [0.25, 0.3) is 5.56 Å². The van der Waals surface area contributed by atoms with Crippen LogP contribution in [0.2, 0.25) is 0 Å². The third kappa shape index (κ3) is 3.83. The molecule has 0 unspecified atom stereocenters. The minimum absolute atomic E-state index is 0.103. The lowest BCUT2D eigenvalue weighted by atomic mass is 10.5. The van der Waals surface area contributed by atoms with Crippen molar-refractivity contribution < 1.29 is 4.79 Å². The number of nitrogens with one attached hydrogen (secondary N) is 2. The molecule has 0 radical (unpaired) electrons. The van der Waals surface area contributed by atoms with Crippen LogP contribution in [-0.2, 0) is 4.79 Å². The molecule has 0 aliphatic rings. The van der Waals surface area contributed by atoms with Gasteiger partial charge in [-0.2, -0.15) is 0 Å². The molecular weight excluding hydrogens is 288 g/mol. The molecular formula is C9H10N6O2S2. The number of carbonyl (C=O) groups excluding carboxylic acids is 1. The van der Waals surface area contributed by atoms with Crippen molar-refractivity contribution in [3.63, 3.8) is 0 Å². The van der Waals surface area contributed by atoms with E-state index in [1.54, 1.807) is 13.8 Å². The summed E-state index contributed by atoms with van der Waals surface area (Å²) < 4.78 is 0. The van der Waals surface area contributed by atoms with Crippen molar-refractivity contribution in [1.29, 1.82) is 0 Å². The van der Waals surface area contributed by atoms with E-state index >= 15 is 0 Å². The maximum Gasteiger partial charge on any atom is 0.273 e. The second kappa shape index (κ2) is 5.89. The van der Waals surface area contributed by atoms with Crippen molar-refractivity contribution in [1.82, 2.24) is 25.4 Å². The lowest BCUT2D eigenvalue weighted by Crippen LogP contribution is -2.17. The SMILES string of the molecule is Cc1nnc(NC(=O)CSc2nnc(C)c(=O)[nH]2)s1. The second-order valence-corrected chi connectivity index (χ2v) is 5.65. The molecule has 2 rings (SSSR count). The van der Waals surface area contributed by atoms with Gasteiger partial charge in [-0.3, -0.25) is 19.9 Å². The minimum atomic E-state index is -0.308. The van der Waals surface area contributed by atoms with Crippen LogP contribution in [0.25, 0.3) is 0 Å². The molecule has 0 fully saturated rings. The second-order valence-electron chi connectivity index (χ2n) is 3.51. The Balaban J connectivity index is 1.89. The van der Waals surface area contributed by atoms with Gasteiger partial charge < -0.3 is 0 Å². The van der Waals surface area contributed by atoms with Gasteiger partial charge in [-0.1, -0.05) is 23.1 Å². The number of hydrogen-bond donors (Lipinski definition) is 2. The van der Waals surface area contributed by atoms with Crippen LogP contribution in [-0.4, -0.2) is 37.0 Å². The van der Waals surface area contributed by atoms with Crippen molar-refractivity contribution >= 4 is 34.1 Å². The van der Waals surface area contributed by atoms with Gasteiger partial charge in [0.2, 0.25) is 11.0 Å². The summed E-state index contributed by atoms with van der Waals surface area (Å²) in [7, 11) is 0. The molecule has 2 heterocycles. The minimum Gasteiger partial charge on any atom is -0.300 e. The first-order valence-electron chi connectivity index (χ1n) is 5.21. The summed E-state index contributed by atoms with van der Waals surface area (Å²) >= 11 is 2.39. The quantitative estimate of drug-likeness (QED) is 0.783. The Hall–Kier alpha value is -1.81. The number of aromatic nitrogens is 5. The van der Waals surface area contributed by atoms with Crippen LogP contribution in [0, 0.1) is 13.8 Å². The number of aryl methyl sites for hydroxylation is 2. The highest BCUT2D eigenvalue weighted by Crippen LogP contribution is 2.15. The van der Waals surface area contributed by atoms with Crippen molar-refractivity contribution in [2.75, 3.05) is 11.1 Å². The van der Waals surface area contributed by atoms with Gasteiger partial charge in [0.15, 0.2) is 5.16 Å². The molecule has 1 amide bonds. The van der Waals surface area contributed by atoms with Gasteiger partial charge in [-0.05, 0) is 13.8 Å². The van der Waals surface area contributed by atoms with Gasteiger partial charge in [0.05, 0.1) is 5.75 Å². The van der Waals surface area contributed by atoms with E-state index in [9.17, 15) is 9.59 Å². The molecule has 0 aliphatic carbocycles. The lowest BCUT2D eigenvalue weighted by molar-refractivity contribution is -0.113. The summed E-state index contributed by atoms with van der Waals surface area (Å²) in [6.07, 6.45) is 0. The molecule has 0 spiro atoms. The molecule has 0 aromatic carbocycles. The van der Waals surface area contributed by atoms with Crippen LogP contribution in [0.15, 0.2) is 9.95 Å². The van der Waals surface area contributed by atoms with Crippen LogP contribution < -0.4 is 10.9 Å². The summed E-state index contributed by atoms with van der Waals surface area (Å²) in [5, 5.41) is 19.2. The molecule has 0 atom stereocenters. The van der Waals surface area contributed by atoms with Gasteiger partial charge in [-0.15, -0.1) is 20.4 Å². The predicted molar refractivity (Wildman–Crippen MR) is 71.4 cm³/mol. The van der Waals surface area contributed by atoms with E-state index in [1.807, 2.05) is 0 Å². The molecule has 100 valence electrons. The zero-order valence-corrected chi connectivity index (χ0v) is 11.8. The average molecular weight is 298 g/mol. The maximum absolute atomic E-state index is 11.6. The monoisotopic (exact) mass is 298 g/mol. The van der Waals surface area contributed by atoms with Crippen molar-refractivity contribution in [3.05, 3.63) is 21.1 Å². The lowest BCUT2D eigenvalue weighted by Gasteiger charge is -2.00. The van der Waals surface area contributed by atoms with Crippen molar-refractivity contribution in [2.45, 2.75) is 19.0 Å². The first kappa shape index (κ1) is 13.6. The third-order valence-electron chi connectivity index (χ3n) is 1.95. The Bertz CT molecular complexity index is 652. The van der Waals surface area contributed by atoms with E-state index < -0.39 is 0 Å². The average Bonchev–Trinajstić information content (AvgIpc) is 2.76. The Morgan fingerprint density at radius 3 is 2.74 bits per heavy atom. The fourth-order valence-corrected chi connectivity index (χ4v) is 2.29. The number of rotatable bonds is 4. The molecule has 8 nitrogen and oxygen atoms in total. The van der Waals surface area contributed by atoms with Crippen LogP contribution in [0.5, 0.6) is 0 Å². The van der Waals surface area contributed by atoms with Gasteiger partial charge in [-0.25, -0.2) is 0 Å². The van der Waals surface area contributed by atoms with Crippen molar-refractivity contribution in [3.8, 4) is 0 Å². The predicted octanol–water partition coefficient (Wildman–Crippen LogP) is 0.364. The van der Waals surface area contributed by atoms with E-state index in [2.05, 4.69) is 30.7 Å². The molecule has 0 aliphatic heterocycles. The fraction of sp³-hybridized carbons (Fsp3) is 0.333. The number of amides is 1. The summed E-state index contributed by atoms with van der Waals surface area (Å²) in [5.74, 6) is -0.142. The van der Waals surface area contributed by atoms with E-state index in [0.717, 1.165) is 16.8 Å². The Labute approximate surface area is 116 Å². The van der Waals surface area contributed by atoms with Crippen molar-refractivity contribution in [2.24, 2.45) is 0 Å². The molecule has 0 bridgehead atoms. The van der Waals surface area contributed by atoms with Gasteiger partial charge in [0.1, 0.15) is 10.7 Å². The molecule has 10 heteroatoms. The summed E-state index contributed by atoms with van der Waals surface area (Å²) in [4.78, 5) is 25.4. The van der Waals surface area contributed by atoms with Gasteiger partial charge >= 0.3 is 0 Å². The third-order valence-corrected chi connectivity index (χ3v) is 3.57. The smallest absolute Gasteiger partial charge is 0.273 e. The maximum atomic E-state index is 11.6. The Morgan fingerprint density at radius 1 is 1.32 bits per heavy atom. The molecule has 19 heavy (non-hydrogen) atoms. The zero-order valence-electron chi connectivity index (χ0n) is 10.1. The van der Waals surface area contributed by atoms with Crippen LogP contribution >= 0.6 is 23.1 Å². The first-order valence-corrected chi connectivity index (χ1v) is 7.01. The normalized spacial score (nSPS) is 10.4. The summed E-state index contributed by atoms with van der Waals surface area (Å²) in [6.45, 7) is 3.36. The molecule has 2 N–H and O–H groups in total. The summed E-state index contributed by atoms with van der Waals surface area (Å²) in [6, 6.07) is 0. The van der Waals surface area contributed by atoms with E-state index in [-0.39, 0.29) is 22.9 Å². The molecule has 0 saturated carbocycles. The topological polar surface area (TPSA) is 114 Å². The Kier molecular flexibility index (Phi) is 4.22. The first-order chi connectivity index (χ1) is 9.04.